The highest BCUT2D eigenvalue weighted by atomic mass is 16.5. The molecule has 0 heterocycles. The van der Waals surface area contributed by atoms with Gasteiger partial charge in [0.2, 0.25) is 0 Å². The van der Waals surface area contributed by atoms with Crippen molar-refractivity contribution in [1.82, 2.24) is 4.90 Å². The molecule has 3 nitrogen and oxygen atoms in total. The molecular formula is C20H25NO2. The van der Waals surface area contributed by atoms with Gasteiger partial charge in [-0.05, 0) is 61.7 Å². The van der Waals surface area contributed by atoms with Gasteiger partial charge in [-0.2, -0.15) is 0 Å². The van der Waals surface area contributed by atoms with Gasteiger partial charge in [-0.25, -0.2) is 0 Å². The van der Waals surface area contributed by atoms with Gasteiger partial charge in [-0.15, -0.1) is 0 Å². The lowest BCUT2D eigenvalue weighted by atomic mass is 10.0. The summed E-state index contributed by atoms with van der Waals surface area (Å²) >= 11 is 0. The lowest BCUT2D eigenvalue weighted by Crippen LogP contribution is -2.19. The second kappa shape index (κ2) is 7.05. The lowest BCUT2D eigenvalue weighted by Gasteiger charge is -2.14. The Labute approximate surface area is 138 Å². The van der Waals surface area contributed by atoms with Crippen molar-refractivity contribution < 1.29 is 9.47 Å². The van der Waals surface area contributed by atoms with Crippen molar-refractivity contribution >= 4 is 0 Å². The number of likely N-dealkylation sites (N-methyl/N-ethyl adjacent to an activating group) is 1. The molecule has 0 aromatic heterocycles. The zero-order chi connectivity index (χ0) is 16.2. The topological polar surface area (TPSA) is 21.7 Å². The van der Waals surface area contributed by atoms with E-state index in [0.29, 0.717) is 11.8 Å². The predicted molar refractivity (Wildman–Crippen MR) is 93.6 cm³/mol. The molecule has 2 atom stereocenters. The second-order valence-corrected chi connectivity index (χ2v) is 6.41. The molecule has 3 rings (SSSR count). The van der Waals surface area contributed by atoms with E-state index in [-0.39, 0.29) is 0 Å². The Hall–Kier alpha value is -2.00. The van der Waals surface area contributed by atoms with Crippen LogP contribution in [0.15, 0.2) is 48.5 Å². The van der Waals surface area contributed by atoms with Crippen molar-refractivity contribution in [1.29, 1.82) is 0 Å². The molecule has 0 amide bonds. The van der Waals surface area contributed by atoms with Gasteiger partial charge in [0.25, 0.3) is 0 Å². The van der Waals surface area contributed by atoms with E-state index in [2.05, 4.69) is 55.4 Å². The van der Waals surface area contributed by atoms with Crippen molar-refractivity contribution in [2.75, 3.05) is 34.4 Å². The van der Waals surface area contributed by atoms with E-state index < -0.39 is 0 Å². The fraction of sp³-hybridized carbons (Fsp3) is 0.400. The smallest absolute Gasteiger partial charge is 0.122 e. The van der Waals surface area contributed by atoms with Crippen LogP contribution in [-0.2, 0) is 0 Å². The number of benzene rings is 2. The second-order valence-electron chi connectivity index (χ2n) is 6.41. The number of para-hydroxylation sites is 1. The van der Waals surface area contributed by atoms with Crippen LogP contribution in [0.4, 0.5) is 0 Å². The third-order valence-electron chi connectivity index (χ3n) is 4.45. The number of hydrogen-bond donors (Lipinski definition) is 0. The van der Waals surface area contributed by atoms with Crippen LogP contribution in [-0.4, -0.2) is 39.3 Å². The molecule has 2 unspecified atom stereocenters. The molecule has 0 aliphatic heterocycles. The minimum atomic E-state index is 0.568. The summed E-state index contributed by atoms with van der Waals surface area (Å²) < 4.78 is 11.2. The molecule has 3 heteroatoms. The van der Waals surface area contributed by atoms with Crippen LogP contribution in [0, 0.1) is 0 Å². The highest BCUT2D eigenvalue weighted by Gasteiger charge is 2.40. The molecule has 2 aromatic carbocycles. The first-order valence-corrected chi connectivity index (χ1v) is 8.19. The van der Waals surface area contributed by atoms with Gasteiger partial charge in [-0.1, -0.05) is 30.3 Å². The molecule has 23 heavy (non-hydrogen) atoms. The van der Waals surface area contributed by atoms with Crippen LogP contribution in [0.3, 0.4) is 0 Å². The maximum atomic E-state index is 6.01. The highest BCUT2D eigenvalue weighted by Crippen LogP contribution is 2.56. The first-order valence-electron chi connectivity index (χ1n) is 8.19. The maximum Gasteiger partial charge on any atom is 0.122 e. The largest absolute Gasteiger partial charge is 0.497 e. The molecular weight excluding hydrogens is 286 g/mol. The lowest BCUT2D eigenvalue weighted by molar-refractivity contribution is 0.259. The third-order valence-corrected chi connectivity index (χ3v) is 4.45. The highest BCUT2D eigenvalue weighted by molar-refractivity contribution is 5.45. The van der Waals surface area contributed by atoms with Crippen molar-refractivity contribution in [2.45, 2.75) is 18.3 Å². The fourth-order valence-electron chi connectivity index (χ4n) is 3.01. The average Bonchev–Trinajstić information content (AvgIpc) is 3.35. The molecule has 0 bridgehead atoms. The summed E-state index contributed by atoms with van der Waals surface area (Å²) in [5.74, 6) is 3.12. The summed E-state index contributed by atoms with van der Waals surface area (Å²) in [5.41, 5.74) is 2.73. The average molecular weight is 311 g/mol. The summed E-state index contributed by atoms with van der Waals surface area (Å²) in [7, 11) is 5.84. The fourth-order valence-corrected chi connectivity index (χ4v) is 3.01. The van der Waals surface area contributed by atoms with Crippen molar-refractivity contribution in [3.05, 3.63) is 59.7 Å². The zero-order valence-electron chi connectivity index (χ0n) is 14.2. The summed E-state index contributed by atoms with van der Waals surface area (Å²) in [4.78, 5) is 2.14. The van der Waals surface area contributed by atoms with Crippen LogP contribution in [0.1, 0.15) is 29.4 Å². The molecule has 0 radical (unpaired) electrons. The standard InChI is InChI=1S/C20H25NO2/c1-21(2)12-13-23-20-7-5-4-6-17(20)19-14-18(19)15-8-10-16(22-3)11-9-15/h4-11,18-19H,12-14H2,1-3H3. The molecule has 1 saturated carbocycles. The van der Waals surface area contributed by atoms with E-state index in [4.69, 9.17) is 9.47 Å². The van der Waals surface area contributed by atoms with Gasteiger partial charge in [-0.3, -0.25) is 0 Å². The number of hydrogen-bond acceptors (Lipinski definition) is 3. The molecule has 1 aliphatic rings. The van der Waals surface area contributed by atoms with Crippen LogP contribution in [0.2, 0.25) is 0 Å². The SMILES string of the molecule is COc1ccc(C2CC2c2ccccc2OCCN(C)C)cc1. The molecule has 0 saturated heterocycles. The van der Waals surface area contributed by atoms with E-state index in [1.54, 1.807) is 7.11 Å². The Morgan fingerprint density at radius 3 is 2.43 bits per heavy atom. The Morgan fingerprint density at radius 2 is 1.74 bits per heavy atom. The van der Waals surface area contributed by atoms with Gasteiger partial charge in [0.05, 0.1) is 7.11 Å². The number of nitrogens with zero attached hydrogens (tertiary/aromatic N) is 1. The molecule has 0 N–H and O–H groups in total. The minimum absolute atomic E-state index is 0.568. The van der Waals surface area contributed by atoms with Gasteiger partial charge >= 0.3 is 0 Å². The normalized spacial score (nSPS) is 19.7. The minimum Gasteiger partial charge on any atom is -0.497 e. The Kier molecular flexibility index (Phi) is 4.87. The van der Waals surface area contributed by atoms with Crippen LogP contribution in [0.25, 0.3) is 0 Å². The Morgan fingerprint density at radius 1 is 1.00 bits per heavy atom. The summed E-state index contributed by atoms with van der Waals surface area (Å²) in [6.45, 7) is 1.66. The number of methoxy groups -OCH3 is 1. The van der Waals surface area contributed by atoms with E-state index in [0.717, 1.165) is 24.7 Å². The van der Waals surface area contributed by atoms with Gasteiger partial charge in [0, 0.05) is 6.54 Å². The van der Waals surface area contributed by atoms with Gasteiger partial charge in [0.15, 0.2) is 0 Å². The molecule has 122 valence electrons. The van der Waals surface area contributed by atoms with Crippen LogP contribution < -0.4 is 9.47 Å². The quantitative estimate of drug-likeness (QED) is 0.774. The molecule has 2 aromatic rings. The van der Waals surface area contributed by atoms with E-state index >= 15 is 0 Å². The van der Waals surface area contributed by atoms with E-state index in [1.807, 2.05) is 12.1 Å². The first-order chi connectivity index (χ1) is 11.2. The van der Waals surface area contributed by atoms with Crippen molar-refractivity contribution in [3.63, 3.8) is 0 Å². The van der Waals surface area contributed by atoms with Crippen molar-refractivity contribution in [2.24, 2.45) is 0 Å². The maximum absolute atomic E-state index is 6.01. The molecule has 1 aliphatic carbocycles. The third kappa shape index (κ3) is 3.85. The van der Waals surface area contributed by atoms with Crippen molar-refractivity contribution in [3.8, 4) is 11.5 Å². The van der Waals surface area contributed by atoms with Crippen LogP contribution >= 0.6 is 0 Å². The Balaban J connectivity index is 1.68. The zero-order valence-corrected chi connectivity index (χ0v) is 14.2. The molecule has 1 fully saturated rings. The summed E-state index contributed by atoms with van der Waals surface area (Å²) in [6.07, 6.45) is 1.19. The van der Waals surface area contributed by atoms with E-state index in [1.165, 1.54) is 17.5 Å². The number of ether oxygens (including phenoxy) is 2. The van der Waals surface area contributed by atoms with Crippen LogP contribution in [0.5, 0.6) is 11.5 Å². The van der Waals surface area contributed by atoms with E-state index in [9.17, 15) is 0 Å². The first kappa shape index (κ1) is 15.9. The summed E-state index contributed by atoms with van der Waals surface area (Å²) in [6, 6.07) is 16.9. The number of rotatable bonds is 7. The Bertz CT molecular complexity index is 636. The monoisotopic (exact) mass is 311 g/mol. The van der Waals surface area contributed by atoms with Gasteiger partial charge in [0.1, 0.15) is 18.1 Å². The van der Waals surface area contributed by atoms with Gasteiger partial charge < -0.3 is 14.4 Å². The predicted octanol–water partition coefficient (Wildman–Crippen LogP) is 3.91. The molecule has 0 spiro atoms. The summed E-state index contributed by atoms with van der Waals surface area (Å²) in [5, 5.41) is 0.